The molecule has 3 N–H and O–H groups in total. The summed E-state index contributed by atoms with van der Waals surface area (Å²) < 4.78 is 6.09. The van der Waals surface area contributed by atoms with Crippen LogP contribution in [0.3, 0.4) is 0 Å². The number of nitrogens with one attached hydrogen (secondary N) is 3. The third-order valence-corrected chi connectivity index (χ3v) is 5.09. The second-order valence-corrected chi connectivity index (χ2v) is 7.61. The van der Waals surface area contributed by atoms with E-state index in [0.717, 1.165) is 16.3 Å². The van der Waals surface area contributed by atoms with Gasteiger partial charge in [-0.1, -0.05) is 42.5 Å². The van der Waals surface area contributed by atoms with Gasteiger partial charge in [-0.15, -0.1) is 0 Å². The van der Waals surface area contributed by atoms with Gasteiger partial charge < -0.3 is 4.74 Å². The molecule has 0 aliphatic carbocycles. The number of carbonyl (C=O) groups is 2. The Morgan fingerprint density at radius 3 is 2.57 bits per heavy atom. The van der Waals surface area contributed by atoms with Crippen LogP contribution in [0.5, 0.6) is 5.75 Å². The fourth-order valence-corrected chi connectivity index (χ4v) is 3.55. The average Bonchev–Trinajstić information content (AvgIpc) is 2.74. The van der Waals surface area contributed by atoms with E-state index in [-0.39, 0.29) is 17.4 Å². The Morgan fingerprint density at radius 2 is 1.80 bits per heavy atom. The van der Waals surface area contributed by atoms with Crippen LogP contribution in [0.2, 0.25) is 0 Å². The van der Waals surface area contributed by atoms with Gasteiger partial charge in [0.05, 0.1) is 17.5 Å². The smallest absolute Gasteiger partial charge is 0.257 e. The Bertz CT molecular complexity index is 1100. The summed E-state index contributed by atoms with van der Waals surface area (Å²) >= 11 is 8.47. The standard InChI is InChI=1S/C22H20BrN3O3S/c1-2-29-19-11-10-16(12-18(19)23)21(28)24-22(30)26-25-20(27)13-15-8-5-7-14-6-3-4-9-17(14)15/h3-12H,2,13H2,1H3,(H,25,27)(H2,24,26,28,30). The van der Waals surface area contributed by atoms with E-state index >= 15 is 0 Å². The number of halogens is 1. The van der Waals surface area contributed by atoms with Crippen molar-refractivity contribution in [3.63, 3.8) is 0 Å². The third-order valence-electron chi connectivity index (χ3n) is 4.27. The largest absolute Gasteiger partial charge is 0.493 e. The lowest BCUT2D eigenvalue weighted by molar-refractivity contribution is -0.121. The first-order valence-electron chi connectivity index (χ1n) is 9.27. The lowest BCUT2D eigenvalue weighted by Crippen LogP contribution is -2.48. The molecular weight excluding hydrogens is 466 g/mol. The molecular formula is C22H20BrN3O3S. The van der Waals surface area contributed by atoms with Gasteiger partial charge in [0.1, 0.15) is 5.75 Å². The van der Waals surface area contributed by atoms with Gasteiger partial charge in [0, 0.05) is 5.56 Å². The van der Waals surface area contributed by atoms with E-state index in [9.17, 15) is 9.59 Å². The molecule has 154 valence electrons. The number of fused-ring (bicyclic) bond motifs is 1. The van der Waals surface area contributed by atoms with Gasteiger partial charge in [-0.05, 0) is 69.6 Å². The summed E-state index contributed by atoms with van der Waals surface area (Å²) in [6.07, 6.45) is 0.177. The van der Waals surface area contributed by atoms with Gasteiger partial charge in [-0.2, -0.15) is 0 Å². The molecule has 2 amide bonds. The molecule has 30 heavy (non-hydrogen) atoms. The van der Waals surface area contributed by atoms with Gasteiger partial charge in [-0.25, -0.2) is 0 Å². The topological polar surface area (TPSA) is 79.5 Å². The van der Waals surface area contributed by atoms with Crippen molar-refractivity contribution in [3.05, 3.63) is 76.3 Å². The van der Waals surface area contributed by atoms with Crippen molar-refractivity contribution in [1.82, 2.24) is 16.2 Å². The minimum absolute atomic E-state index is 0.00345. The van der Waals surface area contributed by atoms with Gasteiger partial charge in [0.15, 0.2) is 5.11 Å². The summed E-state index contributed by atoms with van der Waals surface area (Å²) in [4.78, 5) is 24.6. The van der Waals surface area contributed by atoms with E-state index in [1.165, 1.54) is 0 Å². The normalized spacial score (nSPS) is 10.3. The van der Waals surface area contributed by atoms with Crippen LogP contribution in [0, 0.1) is 0 Å². The fourth-order valence-electron chi connectivity index (χ4n) is 2.91. The highest BCUT2D eigenvalue weighted by molar-refractivity contribution is 9.10. The molecule has 0 aliphatic rings. The lowest BCUT2D eigenvalue weighted by atomic mass is 10.0. The Hall–Kier alpha value is -2.97. The number of hydrogen-bond acceptors (Lipinski definition) is 4. The zero-order chi connectivity index (χ0) is 21.5. The van der Waals surface area contributed by atoms with Crippen LogP contribution in [0.4, 0.5) is 0 Å². The molecule has 0 saturated heterocycles. The summed E-state index contributed by atoms with van der Waals surface area (Å²) in [5, 5.41) is 4.62. The summed E-state index contributed by atoms with van der Waals surface area (Å²) in [6, 6.07) is 18.7. The van der Waals surface area contributed by atoms with Crippen molar-refractivity contribution in [2.24, 2.45) is 0 Å². The molecule has 0 radical (unpaired) electrons. The lowest BCUT2D eigenvalue weighted by Gasteiger charge is -2.12. The Balaban J connectivity index is 1.53. The molecule has 0 unspecified atom stereocenters. The Kier molecular flexibility index (Phi) is 7.37. The van der Waals surface area contributed by atoms with Crippen LogP contribution in [-0.4, -0.2) is 23.5 Å². The monoisotopic (exact) mass is 485 g/mol. The number of carbonyl (C=O) groups excluding carboxylic acids is 2. The van der Waals surface area contributed by atoms with Crippen LogP contribution >= 0.6 is 28.1 Å². The number of ether oxygens (including phenoxy) is 1. The minimum atomic E-state index is -0.403. The van der Waals surface area contributed by atoms with E-state index in [2.05, 4.69) is 32.1 Å². The van der Waals surface area contributed by atoms with Gasteiger partial charge in [0.2, 0.25) is 5.91 Å². The maximum Gasteiger partial charge on any atom is 0.257 e. The van der Waals surface area contributed by atoms with Crippen LogP contribution in [-0.2, 0) is 11.2 Å². The summed E-state index contributed by atoms with van der Waals surface area (Å²) in [5.41, 5.74) is 6.38. The third kappa shape index (κ3) is 5.55. The molecule has 0 atom stereocenters. The summed E-state index contributed by atoms with van der Waals surface area (Å²) in [7, 11) is 0. The van der Waals surface area contributed by atoms with E-state index < -0.39 is 5.91 Å². The maximum atomic E-state index is 12.3. The van der Waals surface area contributed by atoms with Crippen LogP contribution < -0.4 is 20.9 Å². The number of thiocarbonyl (C=S) groups is 1. The molecule has 3 aromatic rings. The van der Waals surface area contributed by atoms with Crippen LogP contribution in [0.15, 0.2) is 65.1 Å². The van der Waals surface area contributed by atoms with Crippen molar-refractivity contribution >= 4 is 55.8 Å². The molecule has 0 saturated carbocycles. The molecule has 0 aromatic heterocycles. The molecule has 8 heteroatoms. The molecule has 0 heterocycles. The van der Waals surface area contributed by atoms with Crippen molar-refractivity contribution in [1.29, 1.82) is 0 Å². The highest BCUT2D eigenvalue weighted by Gasteiger charge is 2.12. The second kappa shape index (κ2) is 10.2. The van der Waals surface area contributed by atoms with E-state index in [1.54, 1.807) is 18.2 Å². The van der Waals surface area contributed by atoms with Crippen molar-refractivity contribution in [3.8, 4) is 5.75 Å². The Labute approximate surface area is 188 Å². The quantitative estimate of drug-likeness (QED) is 0.377. The maximum absolute atomic E-state index is 12.3. The van der Waals surface area contributed by atoms with Gasteiger partial charge >= 0.3 is 0 Å². The summed E-state index contributed by atoms with van der Waals surface area (Å²) in [5.74, 6) is -0.0261. The zero-order valence-corrected chi connectivity index (χ0v) is 18.6. The van der Waals surface area contributed by atoms with E-state index in [1.807, 2.05) is 49.4 Å². The van der Waals surface area contributed by atoms with Crippen molar-refractivity contribution in [2.75, 3.05) is 6.61 Å². The second-order valence-electron chi connectivity index (χ2n) is 6.35. The average molecular weight is 486 g/mol. The van der Waals surface area contributed by atoms with Crippen LogP contribution in [0.1, 0.15) is 22.8 Å². The van der Waals surface area contributed by atoms with Gasteiger partial charge in [-0.3, -0.25) is 25.8 Å². The highest BCUT2D eigenvalue weighted by Crippen LogP contribution is 2.26. The predicted octanol–water partition coefficient (Wildman–Crippen LogP) is 3.88. The SMILES string of the molecule is CCOc1ccc(C(=O)NC(=S)NNC(=O)Cc2cccc3ccccc23)cc1Br. The number of hydrazine groups is 1. The first kappa shape index (κ1) is 21.7. The number of rotatable bonds is 5. The minimum Gasteiger partial charge on any atom is -0.493 e. The Morgan fingerprint density at radius 1 is 1.03 bits per heavy atom. The zero-order valence-electron chi connectivity index (χ0n) is 16.2. The molecule has 3 rings (SSSR count). The molecule has 6 nitrogen and oxygen atoms in total. The molecule has 0 bridgehead atoms. The van der Waals surface area contributed by atoms with Crippen LogP contribution in [0.25, 0.3) is 10.8 Å². The van der Waals surface area contributed by atoms with E-state index in [0.29, 0.717) is 22.4 Å². The number of hydrogen-bond donors (Lipinski definition) is 3. The molecule has 3 aromatic carbocycles. The van der Waals surface area contributed by atoms with Gasteiger partial charge in [0.25, 0.3) is 5.91 Å². The first-order chi connectivity index (χ1) is 14.5. The van der Waals surface area contributed by atoms with Crippen molar-refractivity contribution < 1.29 is 14.3 Å². The predicted molar refractivity (Wildman–Crippen MR) is 124 cm³/mol. The van der Waals surface area contributed by atoms with Crippen molar-refractivity contribution in [2.45, 2.75) is 13.3 Å². The molecule has 0 fully saturated rings. The molecule has 0 spiro atoms. The first-order valence-corrected chi connectivity index (χ1v) is 10.5. The van der Waals surface area contributed by atoms with E-state index in [4.69, 9.17) is 17.0 Å². The molecule has 0 aliphatic heterocycles. The highest BCUT2D eigenvalue weighted by atomic mass is 79.9. The number of amides is 2. The summed E-state index contributed by atoms with van der Waals surface area (Å²) in [6.45, 7) is 2.41. The fraction of sp³-hybridized carbons (Fsp3) is 0.136. The number of benzene rings is 3.